The zero-order chi connectivity index (χ0) is 17.0. The Balaban J connectivity index is 2.57. The van der Waals surface area contributed by atoms with Gasteiger partial charge in [-0.3, -0.25) is 0 Å². The largest absolute Gasteiger partial charge is 0.504 e. The normalized spacial score (nSPS) is 13.7. The summed E-state index contributed by atoms with van der Waals surface area (Å²) in [4.78, 5) is 0. The van der Waals surface area contributed by atoms with Crippen molar-refractivity contribution in [1.29, 1.82) is 0 Å². The second kappa shape index (κ2) is 7.20. The molecule has 1 atom stereocenters. The molecule has 0 aliphatic rings. The molecule has 0 bridgehead atoms. The maximum absolute atomic E-state index is 10.8. The van der Waals surface area contributed by atoms with Crippen molar-refractivity contribution < 1.29 is 9.84 Å². The number of aliphatic hydroxyl groups excluding tert-OH is 1. The van der Waals surface area contributed by atoms with E-state index >= 15 is 0 Å². The van der Waals surface area contributed by atoms with Crippen LogP contribution >= 0.6 is 11.6 Å². The molecule has 2 rings (SSSR count). The number of hydrogen-bond acceptors (Lipinski definition) is 2. The molecule has 0 radical (unpaired) electrons. The highest BCUT2D eigenvalue weighted by molar-refractivity contribution is 6.30. The van der Waals surface area contributed by atoms with Gasteiger partial charge in [-0.1, -0.05) is 68.8 Å². The number of benzene rings is 2. The lowest BCUT2D eigenvalue weighted by atomic mass is 9.81. The van der Waals surface area contributed by atoms with E-state index in [1.165, 1.54) is 0 Å². The maximum atomic E-state index is 10.8. The topological polar surface area (TPSA) is 29.5 Å². The summed E-state index contributed by atoms with van der Waals surface area (Å²) >= 11 is 5.99. The van der Waals surface area contributed by atoms with Crippen molar-refractivity contribution in [3.63, 3.8) is 0 Å². The van der Waals surface area contributed by atoms with Gasteiger partial charge in [0.1, 0.15) is 0 Å². The average Bonchev–Trinajstić information content (AvgIpc) is 2.52. The summed E-state index contributed by atoms with van der Waals surface area (Å²) in [6.45, 7) is 6.07. The second-order valence-electron chi connectivity index (χ2n) is 6.63. The van der Waals surface area contributed by atoms with E-state index in [0.717, 1.165) is 22.3 Å². The molecule has 1 unspecified atom stereocenters. The van der Waals surface area contributed by atoms with Crippen molar-refractivity contribution in [3.05, 3.63) is 76.5 Å². The molecule has 23 heavy (non-hydrogen) atoms. The fraction of sp³-hybridized carbons (Fsp3) is 0.300. The molecule has 1 N–H and O–H groups in total. The molecule has 0 saturated carbocycles. The van der Waals surface area contributed by atoms with Gasteiger partial charge in [-0.25, -0.2) is 0 Å². The van der Waals surface area contributed by atoms with Crippen LogP contribution in [0.15, 0.2) is 54.8 Å². The molecule has 3 heteroatoms. The highest BCUT2D eigenvalue weighted by atomic mass is 35.5. The van der Waals surface area contributed by atoms with Crippen LogP contribution in [0, 0.1) is 5.41 Å². The molecule has 0 aliphatic carbocycles. The second-order valence-corrected chi connectivity index (χ2v) is 7.07. The van der Waals surface area contributed by atoms with Crippen molar-refractivity contribution in [2.75, 3.05) is 7.11 Å². The van der Waals surface area contributed by atoms with Gasteiger partial charge in [0.2, 0.25) is 0 Å². The van der Waals surface area contributed by atoms with Crippen molar-refractivity contribution in [1.82, 2.24) is 0 Å². The van der Waals surface area contributed by atoms with E-state index in [4.69, 9.17) is 16.3 Å². The van der Waals surface area contributed by atoms with E-state index in [2.05, 4.69) is 0 Å². The summed E-state index contributed by atoms with van der Waals surface area (Å²) in [6.07, 6.45) is 1.13. The molecule has 0 amide bonds. The number of rotatable bonds is 4. The smallest absolute Gasteiger partial charge is 0.0909 e. The van der Waals surface area contributed by atoms with E-state index < -0.39 is 6.10 Å². The Bertz CT molecular complexity index is 682. The van der Waals surface area contributed by atoms with Gasteiger partial charge in [0, 0.05) is 10.6 Å². The van der Waals surface area contributed by atoms with E-state index in [1.807, 2.05) is 69.3 Å². The lowest BCUT2D eigenvalue weighted by Gasteiger charge is -2.28. The summed E-state index contributed by atoms with van der Waals surface area (Å²) in [6, 6.07) is 15.5. The number of methoxy groups -OCH3 is 1. The summed E-state index contributed by atoms with van der Waals surface area (Å²) in [5.74, 6) is 0. The number of ether oxygens (including phenoxy) is 1. The van der Waals surface area contributed by atoms with Gasteiger partial charge in [0.05, 0.1) is 19.5 Å². The molecule has 0 aliphatic heterocycles. The Hall–Kier alpha value is -1.77. The molecule has 2 aromatic rings. The van der Waals surface area contributed by atoms with Crippen LogP contribution in [-0.4, -0.2) is 12.2 Å². The van der Waals surface area contributed by atoms with Crippen molar-refractivity contribution in [2.45, 2.75) is 26.9 Å². The van der Waals surface area contributed by atoms with Crippen LogP contribution in [-0.2, 0) is 4.74 Å². The van der Waals surface area contributed by atoms with Crippen molar-refractivity contribution >= 4 is 17.2 Å². The van der Waals surface area contributed by atoms with Crippen molar-refractivity contribution in [3.8, 4) is 0 Å². The molecule has 0 heterocycles. The molecule has 0 spiro atoms. The van der Waals surface area contributed by atoms with Crippen LogP contribution in [0.1, 0.15) is 43.6 Å². The Morgan fingerprint density at radius 1 is 1.09 bits per heavy atom. The zero-order valence-corrected chi connectivity index (χ0v) is 14.8. The third-order valence-electron chi connectivity index (χ3n) is 3.76. The Kier molecular flexibility index (Phi) is 5.51. The van der Waals surface area contributed by atoms with E-state index in [9.17, 15) is 5.11 Å². The van der Waals surface area contributed by atoms with Gasteiger partial charge in [-0.2, -0.15) is 0 Å². The van der Waals surface area contributed by atoms with Crippen LogP contribution in [0.3, 0.4) is 0 Å². The SMILES string of the molecule is CO/C=C(\c1ccc(Cl)cc1)c1ccccc1C(O)C(C)(C)C. The average molecular weight is 331 g/mol. The van der Waals surface area contributed by atoms with Crippen LogP contribution in [0.2, 0.25) is 5.02 Å². The van der Waals surface area contributed by atoms with Gasteiger partial charge in [-0.05, 0) is 34.2 Å². The molecule has 2 aromatic carbocycles. The zero-order valence-electron chi connectivity index (χ0n) is 14.0. The lowest BCUT2D eigenvalue weighted by molar-refractivity contribution is 0.0624. The summed E-state index contributed by atoms with van der Waals surface area (Å²) in [5.41, 5.74) is 3.50. The molecular weight excluding hydrogens is 308 g/mol. The molecular formula is C20H23ClO2. The van der Waals surface area contributed by atoms with Crippen LogP contribution < -0.4 is 0 Å². The van der Waals surface area contributed by atoms with Gasteiger partial charge < -0.3 is 9.84 Å². The monoisotopic (exact) mass is 330 g/mol. The highest BCUT2D eigenvalue weighted by Crippen LogP contribution is 2.38. The molecule has 0 saturated heterocycles. The number of hydrogen-bond donors (Lipinski definition) is 1. The van der Waals surface area contributed by atoms with E-state index in [-0.39, 0.29) is 5.41 Å². The standard InChI is InChI=1S/C20H23ClO2/c1-20(2,3)19(22)17-8-6-5-7-16(17)18(13-23-4)14-9-11-15(21)12-10-14/h5-13,19,22H,1-4H3/b18-13+. The summed E-state index contributed by atoms with van der Waals surface area (Å²) in [5, 5.41) is 11.4. The highest BCUT2D eigenvalue weighted by Gasteiger charge is 2.26. The third kappa shape index (κ3) is 4.15. The first-order valence-electron chi connectivity index (χ1n) is 7.61. The van der Waals surface area contributed by atoms with Crippen LogP contribution in [0.25, 0.3) is 5.57 Å². The number of aliphatic hydroxyl groups is 1. The fourth-order valence-corrected chi connectivity index (χ4v) is 2.61. The molecule has 0 fully saturated rings. The van der Waals surface area contributed by atoms with Gasteiger partial charge in [0.25, 0.3) is 0 Å². The first-order valence-corrected chi connectivity index (χ1v) is 7.98. The molecule has 122 valence electrons. The Labute approximate surface area is 143 Å². The minimum absolute atomic E-state index is 0.256. The van der Waals surface area contributed by atoms with E-state index in [0.29, 0.717) is 5.02 Å². The summed E-state index contributed by atoms with van der Waals surface area (Å²) in [7, 11) is 1.62. The van der Waals surface area contributed by atoms with Gasteiger partial charge in [-0.15, -0.1) is 0 Å². The van der Waals surface area contributed by atoms with Crippen LogP contribution in [0.4, 0.5) is 0 Å². The van der Waals surface area contributed by atoms with Crippen LogP contribution in [0.5, 0.6) is 0 Å². The van der Waals surface area contributed by atoms with Gasteiger partial charge >= 0.3 is 0 Å². The maximum Gasteiger partial charge on any atom is 0.0909 e. The quantitative estimate of drug-likeness (QED) is 0.755. The van der Waals surface area contributed by atoms with Gasteiger partial charge in [0.15, 0.2) is 0 Å². The van der Waals surface area contributed by atoms with Crippen molar-refractivity contribution in [2.24, 2.45) is 5.41 Å². The Morgan fingerprint density at radius 3 is 2.26 bits per heavy atom. The van der Waals surface area contributed by atoms with E-state index in [1.54, 1.807) is 13.4 Å². The number of halogens is 1. The lowest BCUT2D eigenvalue weighted by Crippen LogP contribution is -2.19. The minimum Gasteiger partial charge on any atom is -0.504 e. The predicted octanol–water partition coefficient (Wildman–Crippen LogP) is 5.46. The fourth-order valence-electron chi connectivity index (χ4n) is 2.48. The minimum atomic E-state index is -0.578. The molecule has 0 aromatic heterocycles. The first kappa shape index (κ1) is 17.6. The third-order valence-corrected chi connectivity index (χ3v) is 4.01. The molecule has 2 nitrogen and oxygen atoms in total. The predicted molar refractivity (Wildman–Crippen MR) is 96.4 cm³/mol. The first-order chi connectivity index (χ1) is 10.8. The summed E-state index contributed by atoms with van der Waals surface area (Å²) < 4.78 is 5.29. The Morgan fingerprint density at radius 2 is 1.70 bits per heavy atom.